The van der Waals surface area contributed by atoms with E-state index in [2.05, 4.69) is 36.4 Å². The Balaban J connectivity index is 1.68. The first kappa shape index (κ1) is 25.5. The van der Waals surface area contributed by atoms with Gasteiger partial charge >= 0.3 is 7.12 Å². The molecule has 6 heteroatoms. The van der Waals surface area contributed by atoms with Crippen molar-refractivity contribution in [2.45, 2.75) is 51.4 Å². The Morgan fingerprint density at radius 2 is 1.18 bits per heavy atom. The second-order valence-electron chi connectivity index (χ2n) is 11.3. The topological polar surface area (TPSA) is 36.3 Å². The van der Waals surface area contributed by atoms with E-state index in [4.69, 9.17) is 14.4 Å². The van der Waals surface area contributed by atoms with Crippen LogP contribution >= 0.6 is 0 Å². The van der Waals surface area contributed by atoms with Crippen LogP contribution in [0.25, 0.3) is 10.9 Å². The van der Waals surface area contributed by atoms with Crippen molar-refractivity contribution in [2.75, 3.05) is 0 Å². The summed E-state index contributed by atoms with van der Waals surface area (Å²) in [5.74, 6) is -0.331. The molecule has 0 atom stereocenters. The third-order valence-corrected chi connectivity index (χ3v) is 8.47. The lowest BCUT2D eigenvalue weighted by Crippen LogP contribution is -2.41. The Morgan fingerprint density at radius 1 is 0.744 bits per heavy atom. The van der Waals surface area contributed by atoms with Crippen LogP contribution in [0.15, 0.2) is 103 Å². The number of aromatic nitrogens is 2. The van der Waals surface area contributed by atoms with Crippen LogP contribution in [0.2, 0.25) is 0 Å². The van der Waals surface area contributed by atoms with Crippen molar-refractivity contribution in [1.82, 2.24) is 9.78 Å². The van der Waals surface area contributed by atoms with E-state index in [0.717, 1.165) is 22.1 Å². The average molecular weight is 518 g/mol. The molecule has 6 rings (SSSR count). The van der Waals surface area contributed by atoms with Gasteiger partial charge in [0.05, 0.1) is 16.7 Å². The summed E-state index contributed by atoms with van der Waals surface area (Å²) in [6.07, 6.45) is 2.02. The highest BCUT2D eigenvalue weighted by atomic mass is 19.1. The number of rotatable bonds is 5. The van der Waals surface area contributed by atoms with Gasteiger partial charge < -0.3 is 9.31 Å². The van der Waals surface area contributed by atoms with Gasteiger partial charge in [0.2, 0.25) is 0 Å². The van der Waals surface area contributed by atoms with Gasteiger partial charge in [-0.3, -0.25) is 4.68 Å². The van der Waals surface area contributed by atoms with Crippen LogP contribution in [-0.4, -0.2) is 28.1 Å². The SMILES string of the molecule is Cc1c(F)cc2nn(C(c3ccccc3)(c3ccccc3)c3ccccc3)cc2c1B1OC(C)(C)C(C)(C)O1. The monoisotopic (exact) mass is 518 g/mol. The molecule has 0 amide bonds. The second kappa shape index (κ2) is 9.18. The molecule has 0 spiro atoms. The van der Waals surface area contributed by atoms with Gasteiger partial charge in [-0.1, -0.05) is 91.0 Å². The van der Waals surface area contributed by atoms with E-state index >= 15 is 4.39 Å². The number of nitrogens with zero attached hydrogens (tertiary/aromatic N) is 2. The minimum atomic E-state index is -0.805. The normalized spacial score (nSPS) is 16.6. The van der Waals surface area contributed by atoms with Crippen LogP contribution in [0.1, 0.15) is 49.9 Å². The van der Waals surface area contributed by atoms with Crippen molar-refractivity contribution >= 4 is 23.5 Å². The molecule has 0 radical (unpaired) electrons. The highest BCUT2D eigenvalue weighted by Crippen LogP contribution is 2.42. The Hall–Kier alpha value is -3.74. The predicted molar refractivity (Wildman–Crippen MR) is 155 cm³/mol. The number of fused-ring (bicyclic) bond motifs is 1. The average Bonchev–Trinajstić information content (AvgIpc) is 3.43. The van der Waals surface area contributed by atoms with E-state index in [0.29, 0.717) is 16.5 Å². The van der Waals surface area contributed by atoms with Crippen molar-refractivity contribution in [3.63, 3.8) is 0 Å². The van der Waals surface area contributed by atoms with Crippen molar-refractivity contribution in [2.24, 2.45) is 0 Å². The molecule has 0 unspecified atom stereocenters. The maximum atomic E-state index is 15.5. The highest BCUT2D eigenvalue weighted by molar-refractivity contribution is 6.65. The van der Waals surface area contributed by atoms with Crippen LogP contribution in [0.3, 0.4) is 0 Å². The first-order chi connectivity index (χ1) is 18.6. The maximum absolute atomic E-state index is 15.5. The minimum Gasteiger partial charge on any atom is -0.399 e. The van der Waals surface area contributed by atoms with Gasteiger partial charge in [-0.15, -0.1) is 0 Å². The van der Waals surface area contributed by atoms with Gasteiger partial charge in [-0.2, -0.15) is 5.10 Å². The van der Waals surface area contributed by atoms with Crippen LogP contribution < -0.4 is 5.46 Å². The highest BCUT2D eigenvalue weighted by Gasteiger charge is 2.53. The van der Waals surface area contributed by atoms with E-state index < -0.39 is 23.9 Å². The molecule has 196 valence electrons. The quantitative estimate of drug-likeness (QED) is 0.194. The number of halogens is 1. The number of hydrogen-bond donors (Lipinski definition) is 0. The summed E-state index contributed by atoms with van der Waals surface area (Å²) >= 11 is 0. The first-order valence-corrected chi connectivity index (χ1v) is 13.4. The molecule has 4 nitrogen and oxygen atoms in total. The lowest BCUT2D eigenvalue weighted by molar-refractivity contribution is 0.00578. The van der Waals surface area contributed by atoms with Crippen LogP contribution in [-0.2, 0) is 14.8 Å². The summed E-state index contributed by atoms with van der Waals surface area (Å²) in [4.78, 5) is 0. The smallest absolute Gasteiger partial charge is 0.399 e. The third-order valence-electron chi connectivity index (χ3n) is 8.47. The molecule has 1 aliphatic heterocycles. The first-order valence-electron chi connectivity index (χ1n) is 13.4. The van der Waals surface area contributed by atoms with Crippen molar-refractivity contribution in [1.29, 1.82) is 0 Å². The molecule has 5 aromatic rings. The van der Waals surface area contributed by atoms with Gasteiger partial charge in [-0.25, -0.2) is 4.39 Å². The third kappa shape index (κ3) is 3.93. The number of benzene rings is 4. The zero-order valence-corrected chi connectivity index (χ0v) is 23.0. The van der Waals surface area contributed by atoms with Gasteiger partial charge in [0.1, 0.15) is 11.4 Å². The zero-order chi connectivity index (χ0) is 27.4. The van der Waals surface area contributed by atoms with E-state index in [-0.39, 0.29) is 5.82 Å². The van der Waals surface area contributed by atoms with Crippen LogP contribution in [0, 0.1) is 12.7 Å². The summed E-state index contributed by atoms with van der Waals surface area (Å²) in [7, 11) is -0.717. The van der Waals surface area contributed by atoms with Crippen molar-refractivity contribution in [3.05, 3.63) is 131 Å². The summed E-state index contributed by atoms with van der Waals surface area (Å²) in [6.45, 7) is 9.81. The summed E-state index contributed by atoms with van der Waals surface area (Å²) < 4.78 is 30.3. The molecular weight excluding hydrogens is 486 g/mol. The molecule has 39 heavy (non-hydrogen) atoms. The minimum absolute atomic E-state index is 0.331. The van der Waals surface area contributed by atoms with E-state index in [1.54, 1.807) is 6.92 Å². The lowest BCUT2D eigenvalue weighted by Gasteiger charge is -2.36. The fourth-order valence-electron chi connectivity index (χ4n) is 5.63. The second-order valence-corrected chi connectivity index (χ2v) is 11.3. The Morgan fingerprint density at radius 3 is 1.62 bits per heavy atom. The fraction of sp³-hybridized carbons (Fsp3) is 0.242. The standard InChI is InChI=1S/C33H32BFN2O2/c1-23-28(35)21-29-27(30(23)34-38-31(2,3)32(4,5)39-34)22-37(36-29)33(24-15-9-6-10-16-24,25-17-11-7-12-18-25)26-19-13-8-14-20-26/h6-22H,1-5H3. The summed E-state index contributed by atoms with van der Waals surface area (Å²) in [5, 5.41) is 5.89. The molecule has 4 aromatic carbocycles. The predicted octanol–water partition coefficient (Wildman–Crippen LogP) is 6.62. The Bertz CT molecular complexity index is 1520. The molecule has 1 fully saturated rings. The van der Waals surface area contributed by atoms with Gasteiger partial charge in [0.15, 0.2) is 0 Å². The fourth-order valence-corrected chi connectivity index (χ4v) is 5.63. The summed E-state index contributed by atoms with van der Waals surface area (Å²) in [6, 6.07) is 32.5. The lowest BCUT2D eigenvalue weighted by atomic mass is 9.74. The van der Waals surface area contributed by atoms with Crippen molar-refractivity contribution in [3.8, 4) is 0 Å². The van der Waals surface area contributed by atoms with E-state index in [1.807, 2.05) is 93.2 Å². The largest absolute Gasteiger partial charge is 0.495 e. The van der Waals surface area contributed by atoms with Crippen LogP contribution in [0.5, 0.6) is 0 Å². The molecule has 0 N–H and O–H groups in total. The summed E-state index contributed by atoms with van der Waals surface area (Å²) in [5.41, 5.74) is 2.96. The molecule has 0 saturated carbocycles. The Kier molecular flexibility index (Phi) is 6.01. The molecule has 0 aliphatic carbocycles. The molecule has 0 bridgehead atoms. The molecule has 1 aliphatic rings. The van der Waals surface area contributed by atoms with Gasteiger partial charge in [0.25, 0.3) is 0 Å². The van der Waals surface area contributed by atoms with Crippen molar-refractivity contribution < 1.29 is 13.7 Å². The van der Waals surface area contributed by atoms with E-state index in [9.17, 15) is 0 Å². The van der Waals surface area contributed by atoms with Gasteiger partial charge in [-0.05, 0) is 62.3 Å². The van der Waals surface area contributed by atoms with E-state index in [1.165, 1.54) is 6.07 Å². The van der Waals surface area contributed by atoms with Crippen LogP contribution in [0.4, 0.5) is 4.39 Å². The zero-order valence-electron chi connectivity index (χ0n) is 23.0. The molecule has 2 heterocycles. The Labute approximate surface area is 229 Å². The molecule has 1 saturated heterocycles. The molecule has 1 aromatic heterocycles. The number of hydrogen-bond acceptors (Lipinski definition) is 3. The maximum Gasteiger partial charge on any atom is 0.495 e. The molecular formula is C33H32BFN2O2. The van der Waals surface area contributed by atoms with Gasteiger partial charge in [0, 0.05) is 17.6 Å².